The van der Waals surface area contributed by atoms with E-state index in [0.717, 1.165) is 48.4 Å². The second-order valence-corrected chi connectivity index (χ2v) is 10.9. The number of carbonyl (C=O) groups excluding carboxylic acids is 1. The molecule has 0 radical (unpaired) electrons. The van der Waals surface area contributed by atoms with Crippen LogP contribution in [-0.4, -0.2) is 67.4 Å². The Morgan fingerprint density at radius 3 is 2.77 bits per heavy atom. The predicted molar refractivity (Wildman–Crippen MR) is 146 cm³/mol. The van der Waals surface area contributed by atoms with E-state index in [9.17, 15) is 18.0 Å². The van der Waals surface area contributed by atoms with Crippen molar-refractivity contribution in [3.05, 3.63) is 42.1 Å². The zero-order valence-electron chi connectivity index (χ0n) is 22.7. The van der Waals surface area contributed by atoms with Gasteiger partial charge in [0.25, 0.3) is 0 Å². The van der Waals surface area contributed by atoms with Crippen molar-refractivity contribution >= 4 is 28.8 Å². The highest BCUT2D eigenvalue weighted by Crippen LogP contribution is 2.40. The van der Waals surface area contributed by atoms with Gasteiger partial charge in [-0.15, -0.1) is 0 Å². The molecule has 10 heteroatoms. The smallest absolute Gasteiger partial charge is 0.381 e. The summed E-state index contributed by atoms with van der Waals surface area (Å²) in [5.74, 6) is 0.344. The van der Waals surface area contributed by atoms with Gasteiger partial charge < -0.3 is 19.9 Å². The second kappa shape index (κ2) is 11.7. The number of piperidine rings is 1. The Kier molecular flexibility index (Phi) is 8.32. The van der Waals surface area contributed by atoms with Crippen LogP contribution in [0.3, 0.4) is 0 Å². The van der Waals surface area contributed by atoms with Crippen LogP contribution in [0.1, 0.15) is 51.0 Å². The third kappa shape index (κ3) is 6.32. The summed E-state index contributed by atoms with van der Waals surface area (Å²) >= 11 is 0. The van der Waals surface area contributed by atoms with Gasteiger partial charge in [0.15, 0.2) is 0 Å². The SMILES string of the molecule is CCC1C[C@H](OC)CCN1c1ccc2c(c1)N(C(=O)C1CCCN(CC(F)(F)F)CC1)Cc1cccnc1N2. The number of aromatic nitrogens is 1. The quantitative estimate of drug-likeness (QED) is 0.518. The molecule has 0 spiro atoms. The molecular weight excluding hydrogens is 507 g/mol. The van der Waals surface area contributed by atoms with E-state index >= 15 is 0 Å². The van der Waals surface area contributed by atoms with Gasteiger partial charge in [-0.25, -0.2) is 4.98 Å². The number of nitrogens with one attached hydrogen (secondary N) is 1. The first kappa shape index (κ1) is 27.7. The normalized spacial score (nSPS) is 24.3. The minimum atomic E-state index is -4.24. The summed E-state index contributed by atoms with van der Waals surface area (Å²) in [6, 6.07) is 10.4. The molecule has 4 heterocycles. The number of alkyl halides is 3. The van der Waals surface area contributed by atoms with E-state index in [-0.39, 0.29) is 24.5 Å². The van der Waals surface area contributed by atoms with Crippen molar-refractivity contribution in [3.8, 4) is 0 Å². The van der Waals surface area contributed by atoms with Crippen LogP contribution in [0.4, 0.5) is 36.1 Å². The van der Waals surface area contributed by atoms with Gasteiger partial charge in [0.2, 0.25) is 5.91 Å². The Labute approximate surface area is 228 Å². The van der Waals surface area contributed by atoms with Crippen molar-refractivity contribution in [3.63, 3.8) is 0 Å². The third-order valence-electron chi connectivity index (χ3n) is 8.39. The van der Waals surface area contributed by atoms with Gasteiger partial charge in [-0.05, 0) is 75.9 Å². The van der Waals surface area contributed by atoms with Crippen molar-refractivity contribution in [2.45, 2.75) is 70.3 Å². The van der Waals surface area contributed by atoms with E-state index in [1.165, 1.54) is 4.90 Å². The van der Waals surface area contributed by atoms with Crippen LogP contribution in [0.2, 0.25) is 0 Å². The first-order valence-electron chi connectivity index (χ1n) is 14.0. The summed E-state index contributed by atoms with van der Waals surface area (Å²) in [5, 5.41) is 3.43. The fourth-order valence-corrected chi connectivity index (χ4v) is 6.28. The third-order valence-corrected chi connectivity index (χ3v) is 8.39. The molecule has 1 aromatic carbocycles. The molecule has 212 valence electrons. The molecule has 3 aliphatic rings. The molecule has 39 heavy (non-hydrogen) atoms. The number of anilines is 4. The molecule has 0 saturated carbocycles. The molecule has 0 bridgehead atoms. The summed E-state index contributed by atoms with van der Waals surface area (Å²) in [6.45, 7) is 3.11. The van der Waals surface area contributed by atoms with Crippen molar-refractivity contribution in [1.29, 1.82) is 0 Å². The molecule has 3 aliphatic heterocycles. The Bertz CT molecular complexity index is 1160. The van der Waals surface area contributed by atoms with E-state index in [2.05, 4.69) is 34.3 Å². The number of hydrogen-bond acceptors (Lipinski definition) is 6. The molecular formula is C29H38F3N5O2. The van der Waals surface area contributed by atoms with Crippen LogP contribution in [0.5, 0.6) is 0 Å². The van der Waals surface area contributed by atoms with Gasteiger partial charge in [-0.3, -0.25) is 9.69 Å². The molecule has 2 fully saturated rings. The molecule has 3 atom stereocenters. The first-order chi connectivity index (χ1) is 18.8. The number of fused-ring (bicyclic) bond motifs is 2. The number of ether oxygens (including phenoxy) is 1. The summed E-state index contributed by atoms with van der Waals surface area (Å²) in [4.78, 5) is 24.3. The first-order valence-corrected chi connectivity index (χ1v) is 14.0. The zero-order valence-corrected chi connectivity index (χ0v) is 22.7. The number of halogens is 3. The van der Waals surface area contributed by atoms with E-state index in [1.807, 2.05) is 23.1 Å². The van der Waals surface area contributed by atoms with Crippen LogP contribution in [0, 0.1) is 5.92 Å². The lowest BCUT2D eigenvalue weighted by Crippen LogP contribution is -2.44. The lowest BCUT2D eigenvalue weighted by atomic mass is 9.96. The molecule has 7 nitrogen and oxygen atoms in total. The number of methoxy groups -OCH3 is 1. The highest BCUT2D eigenvalue weighted by molar-refractivity contribution is 6.00. The maximum Gasteiger partial charge on any atom is 0.401 e. The largest absolute Gasteiger partial charge is 0.401 e. The van der Waals surface area contributed by atoms with Gasteiger partial charge in [-0.1, -0.05) is 13.0 Å². The lowest BCUT2D eigenvalue weighted by molar-refractivity contribution is -0.145. The fraction of sp³-hybridized carbons (Fsp3) is 0.586. The standard InChI is InChI=1S/C29H38F3N5O2/c1-3-22-16-24(39-2)11-15-36(22)23-8-9-25-26(17-23)37(18-21-6-4-12-33-27(21)34-25)28(38)20-7-5-13-35(14-10-20)19-29(30,31)32/h4,6,8-9,12,17,20,22,24H,3,5,7,10-11,13-16,18-19H2,1-2H3,(H,33,34)/t20?,22?,24-/m1/s1. The number of amides is 1. The maximum absolute atomic E-state index is 14.1. The second-order valence-electron chi connectivity index (χ2n) is 10.9. The Morgan fingerprint density at radius 1 is 1.15 bits per heavy atom. The average molecular weight is 546 g/mol. The fourth-order valence-electron chi connectivity index (χ4n) is 6.28. The Balaban J connectivity index is 1.44. The van der Waals surface area contributed by atoms with Crippen LogP contribution < -0.4 is 15.1 Å². The van der Waals surface area contributed by atoms with Crippen molar-refractivity contribution in [1.82, 2.24) is 9.88 Å². The van der Waals surface area contributed by atoms with Crippen LogP contribution in [0.25, 0.3) is 0 Å². The highest BCUT2D eigenvalue weighted by Gasteiger charge is 2.35. The number of benzene rings is 1. The van der Waals surface area contributed by atoms with Gasteiger partial charge in [0.05, 0.1) is 30.6 Å². The van der Waals surface area contributed by atoms with Crippen molar-refractivity contribution < 1.29 is 22.7 Å². The van der Waals surface area contributed by atoms with E-state index in [4.69, 9.17) is 4.74 Å². The molecule has 2 aromatic rings. The van der Waals surface area contributed by atoms with Crippen molar-refractivity contribution in [2.24, 2.45) is 5.92 Å². The van der Waals surface area contributed by atoms with Crippen LogP contribution in [0.15, 0.2) is 36.5 Å². The minimum absolute atomic E-state index is 0.0362. The molecule has 0 aliphatic carbocycles. The number of nitrogens with zero attached hydrogens (tertiary/aromatic N) is 4. The molecule has 2 unspecified atom stereocenters. The summed E-state index contributed by atoms with van der Waals surface area (Å²) in [5.41, 5.74) is 3.56. The van der Waals surface area contributed by atoms with Gasteiger partial charge in [0, 0.05) is 43.1 Å². The van der Waals surface area contributed by atoms with Crippen molar-refractivity contribution in [2.75, 3.05) is 48.4 Å². The number of pyridine rings is 1. The maximum atomic E-state index is 14.1. The number of likely N-dealkylation sites (tertiary alicyclic amines) is 1. The molecule has 1 aromatic heterocycles. The molecule has 1 amide bonds. The summed E-state index contributed by atoms with van der Waals surface area (Å²) in [7, 11) is 1.77. The van der Waals surface area contributed by atoms with E-state index < -0.39 is 12.7 Å². The average Bonchev–Trinajstić information content (AvgIpc) is 3.25. The number of carbonyl (C=O) groups is 1. The van der Waals surface area contributed by atoms with E-state index in [0.29, 0.717) is 44.2 Å². The molecule has 2 saturated heterocycles. The van der Waals surface area contributed by atoms with Gasteiger partial charge in [-0.2, -0.15) is 13.2 Å². The summed E-state index contributed by atoms with van der Waals surface area (Å²) < 4.78 is 44.7. The molecule has 5 rings (SSSR count). The van der Waals surface area contributed by atoms with Gasteiger partial charge in [0.1, 0.15) is 5.82 Å². The highest BCUT2D eigenvalue weighted by atomic mass is 19.4. The summed E-state index contributed by atoms with van der Waals surface area (Å²) in [6.07, 6.45) is 2.18. The monoisotopic (exact) mass is 545 g/mol. The zero-order chi connectivity index (χ0) is 27.6. The predicted octanol–water partition coefficient (Wildman–Crippen LogP) is 5.73. The molecule has 1 N–H and O–H groups in total. The van der Waals surface area contributed by atoms with Crippen LogP contribution >= 0.6 is 0 Å². The topological polar surface area (TPSA) is 60.9 Å². The van der Waals surface area contributed by atoms with Gasteiger partial charge >= 0.3 is 6.18 Å². The Hall–Kier alpha value is -2.85. The van der Waals surface area contributed by atoms with E-state index in [1.54, 1.807) is 13.3 Å². The van der Waals surface area contributed by atoms with Crippen LogP contribution in [-0.2, 0) is 16.1 Å². The lowest BCUT2D eigenvalue weighted by Gasteiger charge is -2.40. The Morgan fingerprint density at radius 2 is 2.00 bits per heavy atom. The number of hydrogen-bond donors (Lipinski definition) is 1. The number of rotatable bonds is 5. The minimum Gasteiger partial charge on any atom is -0.381 e.